The average molecular weight is 298 g/mol. The van der Waals surface area contributed by atoms with Crippen molar-refractivity contribution in [1.29, 1.82) is 0 Å². The fourth-order valence-corrected chi connectivity index (χ4v) is 2.59. The Bertz CT molecular complexity index is 388. The van der Waals surface area contributed by atoms with Crippen molar-refractivity contribution in [2.75, 3.05) is 13.7 Å². The van der Waals surface area contributed by atoms with E-state index in [0.29, 0.717) is 5.41 Å². The normalized spacial score (nSPS) is 16.9. The van der Waals surface area contributed by atoms with Gasteiger partial charge in [0.1, 0.15) is 5.75 Å². The van der Waals surface area contributed by atoms with Gasteiger partial charge in [-0.05, 0) is 42.9 Å². The Morgan fingerprint density at radius 2 is 2.18 bits per heavy atom. The molecule has 3 heteroatoms. The van der Waals surface area contributed by atoms with Crippen LogP contribution in [0, 0.1) is 5.41 Å². The van der Waals surface area contributed by atoms with Gasteiger partial charge in [0.15, 0.2) is 0 Å². The van der Waals surface area contributed by atoms with Gasteiger partial charge in [0.25, 0.3) is 0 Å². The van der Waals surface area contributed by atoms with E-state index in [9.17, 15) is 0 Å². The minimum atomic E-state index is 0.596. The second-order valence-corrected chi connectivity index (χ2v) is 5.83. The number of hydrogen-bond acceptors (Lipinski definition) is 2. The Labute approximate surface area is 112 Å². The van der Waals surface area contributed by atoms with Crippen molar-refractivity contribution in [2.24, 2.45) is 5.41 Å². The molecule has 1 aromatic rings. The average Bonchev–Trinajstić information content (AvgIpc) is 3.10. The number of rotatable bonds is 6. The fraction of sp³-hybridized carbons (Fsp3) is 0.571. The second kappa shape index (κ2) is 5.40. The summed E-state index contributed by atoms with van der Waals surface area (Å²) in [7, 11) is 1.72. The Morgan fingerprint density at radius 1 is 1.41 bits per heavy atom. The highest BCUT2D eigenvalue weighted by Crippen LogP contribution is 2.47. The van der Waals surface area contributed by atoms with Gasteiger partial charge in [0, 0.05) is 23.1 Å². The molecule has 0 atom stereocenters. The monoisotopic (exact) mass is 297 g/mol. The minimum Gasteiger partial charge on any atom is -0.496 e. The van der Waals surface area contributed by atoms with Crippen molar-refractivity contribution in [3.05, 3.63) is 28.2 Å². The SMILES string of the molecule is CCC1(CNCc2cc(Br)ccc2OC)CC1. The highest BCUT2D eigenvalue weighted by atomic mass is 79.9. The van der Waals surface area contributed by atoms with Crippen LogP contribution in [0.15, 0.2) is 22.7 Å². The lowest BCUT2D eigenvalue weighted by molar-refractivity contribution is 0.402. The summed E-state index contributed by atoms with van der Waals surface area (Å²) in [6.07, 6.45) is 4.05. The number of hydrogen-bond donors (Lipinski definition) is 1. The number of ether oxygens (including phenoxy) is 1. The van der Waals surface area contributed by atoms with E-state index in [1.807, 2.05) is 12.1 Å². The maximum atomic E-state index is 5.36. The Hall–Kier alpha value is -0.540. The van der Waals surface area contributed by atoms with E-state index in [1.54, 1.807) is 7.11 Å². The Morgan fingerprint density at radius 3 is 2.76 bits per heavy atom. The maximum Gasteiger partial charge on any atom is 0.123 e. The number of methoxy groups -OCH3 is 1. The summed E-state index contributed by atoms with van der Waals surface area (Å²) in [5.74, 6) is 0.960. The molecule has 0 bridgehead atoms. The molecule has 2 rings (SSSR count). The molecule has 1 fully saturated rings. The molecule has 1 N–H and O–H groups in total. The van der Waals surface area contributed by atoms with Crippen LogP contribution >= 0.6 is 15.9 Å². The van der Waals surface area contributed by atoms with Gasteiger partial charge in [-0.2, -0.15) is 0 Å². The number of benzene rings is 1. The van der Waals surface area contributed by atoms with Crippen LogP contribution in [0.2, 0.25) is 0 Å². The van der Waals surface area contributed by atoms with Crippen LogP contribution in [-0.4, -0.2) is 13.7 Å². The molecular weight excluding hydrogens is 278 g/mol. The lowest BCUT2D eigenvalue weighted by atomic mass is 10.0. The summed E-state index contributed by atoms with van der Waals surface area (Å²) in [6, 6.07) is 6.14. The molecule has 1 saturated carbocycles. The topological polar surface area (TPSA) is 21.3 Å². The van der Waals surface area contributed by atoms with Crippen molar-refractivity contribution < 1.29 is 4.74 Å². The number of halogens is 1. The van der Waals surface area contributed by atoms with E-state index in [0.717, 1.165) is 23.3 Å². The third-order valence-corrected chi connectivity index (χ3v) is 4.26. The standard InChI is InChI=1S/C14H20BrNO/c1-3-14(6-7-14)10-16-9-11-8-12(15)4-5-13(11)17-2/h4-5,8,16H,3,6-7,9-10H2,1-2H3. The predicted octanol–water partition coefficient (Wildman–Crippen LogP) is 3.74. The van der Waals surface area contributed by atoms with Gasteiger partial charge in [-0.15, -0.1) is 0 Å². The molecule has 0 heterocycles. The van der Waals surface area contributed by atoms with E-state index >= 15 is 0 Å². The molecule has 1 aliphatic carbocycles. The first-order valence-electron chi connectivity index (χ1n) is 6.22. The van der Waals surface area contributed by atoms with Crippen molar-refractivity contribution >= 4 is 15.9 Å². The van der Waals surface area contributed by atoms with Crippen molar-refractivity contribution in [2.45, 2.75) is 32.7 Å². The second-order valence-electron chi connectivity index (χ2n) is 4.91. The molecular formula is C14H20BrNO. The molecule has 0 radical (unpaired) electrons. The van der Waals surface area contributed by atoms with Gasteiger partial charge in [-0.25, -0.2) is 0 Å². The first-order chi connectivity index (χ1) is 8.19. The highest BCUT2D eigenvalue weighted by molar-refractivity contribution is 9.10. The van der Waals surface area contributed by atoms with Gasteiger partial charge >= 0.3 is 0 Å². The van der Waals surface area contributed by atoms with Crippen LogP contribution in [0.3, 0.4) is 0 Å². The van der Waals surface area contributed by atoms with Crippen molar-refractivity contribution in [1.82, 2.24) is 5.32 Å². The molecule has 0 aromatic heterocycles. The lowest BCUT2D eigenvalue weighted by Gasteiger charge is -2.15. The molecule has 0 unspecified atom stereocenters. The lowest BCUT2D eigenvalue weighted by Crippen LogP contribution is -2.23. The van der Waals surface area contributed by atoms with Crippen LogP contribution in [0.5, 0.6) is 5.75 Å². The van der Waals surface area contributed by atoms with Gasteiger partial charge in [-0.3, -0.25) is 0 Å². The van der Waals surface area contributed by atoms with Gasteiger partial charge < -0.3 is 10.1 Å². The van der Waals surface area contributed by atoms with E-state index < -0.39 is 0 Å². The van der Waals surface area contributed by atoms with Crippen LogP contribution < -0.4 is 10.1 Å². The molecule has 17 heavy (non-hydrogen) atoms. The summed E-state index contributed by atoms with van der Waals surface area (Å²) in [5, 5.41) is 3.56. The molecule has 0 spiro atoms. The van der Waals surface area contributed by atoms with Crippen molar-refractivity contribution in [3.8, 4) is 5.75 Å². The first-order valence-corrected chi connectivity index (χ1v) is 7.01. The van der Waals surface area contributed by atoms with E-state index in [2.05, 4.69) is 34.2 Å². The van der Waals surface area contributed by atoms with E-state index in [-0.39, 0.29) is 0 Å². The van der Waals surface area contributed by atoms with Gasteiger partial charge in [0.05, 0.1) is 7.11 Å². The molecule has 0 saturated heterocycles. The summed E-state index contributed by atoms with van der Waals surface area (Å²) in [6.45, 7) is 4.29. The minimum absolute atomic E-state index is 0.596. The van der Waals surface area contributed by atoms with Crippen LogP contribution in [0.1, 0.15) is 31.7 Å². The zero-order chi connectivity index (χ0) is 12.3. The Kier molecular flexibility index (Phi) is 4.10. The summed E-state index contributed by atoms with van der Waals surface area (Å²) in [4.78, 5) is 0. The van der Waals surface area contributed by atoms with Crippen LogP contribution in [0.25, 0.3) is 0 Å². The number of nitrogens with one attached hydrogen (secondary N) is 1. The Balaban J connectivity index is 1.91. The van der Waals surface area contributed by atoms with Crippen molar-refractivity contribution in [3.63, 3.8) is 0 Å². The smallest absolute Gasteiger partial charge is 0.123 e. The molecule has 1 aliphatic rings. The van der Waals surface area contributed by atoms with E-state index in [4.69, 9.17) is 4.74 Å². The third kappa shape index (κ3) is 3.23. The summed E-state index contributed by atoms with van der Waals surface area (Å²) in [5.41, 5.74) is 1.81. The molecule has 1 aromatic carbocycles. The third-order valence-electron chi connectivity index (χ3n) is 3.77. The zero-order valence-electron chi connectivity index (χ0n) is 10.6. The molecule has 0 aliphatic heterocycles. The maximum absolute atomic E-state index is 5.36. The highest BCUT2D eigenvalue weighted by Gasteiger charge is 2.39. The largest absolute Gasteiger partial charge is 0.496 e. The van der Waals surface area contributed by atoms with Gasteiger partial charge in [-0.1, -0.05) is 22.9 Å². The van der Waals surface area contributed by atoms with Crippen LogP contribution in [0.4, 0.5) is 0 Å². The molecule has 2 nitrogen and oxygen atoms in total. The zero-order valence-corrected chi connectivity index (χ0v) is 12.1. The molecule has 0 amide bonds. The fourth-order valence-electron chi connectivity index (χ4n) is 2.18. The predicted molar refractivity (Wildman–Crippen MR) is 74.4 cm³/mol. The summed E-state index contributed by atoms with van der Waals surface area (Å²) < 4.78 is 6.47. The molecule has 94 valence electrons. The summed E-state index contributed by atoms with van der Waals surface area (Å²) >= 11 is 3.50. The van der Waals surface area contributed by atoms with Gasteiger partial charge in [0.2, 0.25) is 0 Å². The quantitative estimate of drug-likeness (QED) is 0.864. The first kappa shape index (κ1) is 12.9. The van der Waals surface area contributed by atoms with Crippen LogP contribution in [-0.2, 0) is 6.54 Å². The van der Waals surface area contributed by atoms with E-state index in [1.165, 1.54) is 24.8 Å².